The Bertz CT molecular complexity index is 366. The summed E-state index contributed by atoms with van der Waals surface area (Å²) in [6, 6.07) is 5.61. The molecular formula is C10H7ClO. The van der Waals surface area contributed by atoms with Gasteiger partial charge in [0.15, 0.2) is 5.78 Å². The van der Waals surface area contributed by atoms with Crippen molar-refractivity contribution in [3.05, 3.63) is 40.4 Å². The molecule has 0 aliphatic heterocycles. The molecule has 0 N–H and O–H groups in total. The van der Waals surface area contributed by atoms with Crippen molar-refractivity contribution in [1.82, 2.24) is 0 Å². The molecule has 0 radical (unpaired) electrons. The zero-order chi connectivity index (χ0) is 8.55. The molecule has 2 heteroatoms. The van der Waals surface area contributed by atoms with Gasteiger partial charge in [0.25, 0.3) is 0 Å². The summed E-state index contributed by atoms with van der Waals surface area (Å²) in [5, 5.41) is 0.692. The highest BCUT2D eigenvalue weighted by Crippen LogP contribution is 2.21. The van der Waals surface area contributed by atoms with Crippen LogP contribution in [-0.2, 0) is 11.2 Å². The van der Waals surface area contributed by atoms with E-state index in [-0.39, 0.29) is 5.78 Å². The number of fused-ring (bicyclic) bond motifs is 1. The van der Waals surface area contributed by atoms with Gasteiger partial charge in [0, 0.05) is 11.4 Å². The fourth-order valence-corrected chi connectivity index (χ4v) is 1.51. The first-order valence-corrected chi connectivity index (χ1v) is 4.13. The van der Waals surface area contributed by atoms with Crippen LogP contribution >= 0.6 is 11.6 Å². The maximum atomic E-state index is 11.0. The molecule has 0 heterocycles. The van der Waals surface area contributed by atoms with Crippen molar-refractivity contribution in [1.29, 1.82) is 0 Å². The molecule has 12 heavy (non-hydrogen) atoms. The van der Waals surface area contributed by atoms with Crippen LogP contribution in [0.15, 0.2) is 24.3 Å². The Morgan fingerprint density at radius 2 is 2.08 bits per heavy atom. The van der Waals surface area contributed by atoms with E-state index in [4.69, 9.17) is 11.6 Å². The molecule has 0 saturated carbocycles. The van der Waals surface area contributed by atoms with Gasteiger partial charge in [-0.25, -0.2) is 0 Å². The van der Waals surface area contributed by atoms with Crippen molar-refractivity contribution < 1.29 is 4.79 Å². The lowest BCUT2D eigenvalue weighted by molar-refractivity contribution is -0.114. The van der Waals surface area contributed by atoms with Crippen LogP contribution in [0, 0.1) is 0 Å². The maximum Gasteiger partial charge on any atom is 0.160 e. The molecule has 0 fully saturated rings. The van der Waals surface area contributed by atoms with Crippen LogP contribution in [0.4, 0.5) is 0 Å². The van der Waals surface area contributed by atoms with E-state index in [9.17, 15) is 4.79 Å². The van der Waals surface area contributed by atoms with Gasteiger partial charge in [-0.1, -0.05) is 23.7 Å². The molecule has 0 bridgehead atoms. The standard InChI is InChI=1S/C10H7ClO/c11-9-3-1-7-2-4-10(12)6-8(7)5-9/h1-5H,6H2. The van der Waals surface area contributed by atoms with Crippen LogP contribution in [0.5, 0.6) is 0 Å². The Morgan fingerprint density at radius 3 is 2.92 bits per heavy atom. The van der Waals surface area contributed by atoms with Crippen LogP contribution in [0.2, 0.25) is 5.02 Å². The van der Waals surface area contributed by atoms with E-state index in [0.29, 0.717) is 11.4 Å². The monoisotopic (exact) mass is 178 g/mol. The van der Waals surface area contributed by atoms with E-state index >= 15 is 0 Å². The average molecular weight is 179 g/mol. The second-order valence-electron chi connectivity index (χ2n) is 2.82. The summed E-state index contributed by atoms with van der Waals surface area (Å²) in [6.07, 6.45) is 3.92. The van der Waals surface area contributed by atoms with Gasteiger partial charge in [-0.2, -0.15) is 0 Å². The highest BCUT2D eigenvalue weighted by molar-refractivity contribution is 6.30. The molecule has 0 saturated heterocycles. The summed E-state index contributed by atoms with van der Waals surface area (Å²) in [6.45, 7) is 0. The van der Waals surface area contributed by atoms with E-state index in [2.05, 4.69) is 0 Å². The van der Waals surface area contributed by atoms with Gasteiger partial charge < -0.3 is 0 Å². The number of carbonyl (C=O) groups is 1. The summed E-state index contributed by atoms with van der Waals surface area (Å²) in [4.78, 5) is 11.0. The highest BCUT2D eigenvalue weighted by Gasteiger charge is 2.09. The zero-order valence-electron chi connectivity index (χ0n) is 6.38. The van der Waals surface area contributed by atoms with Crippen LogP contribution < -0.4 is 0 Å². The van der Waals surface area contributed by atoms with E-state index in [1.54, 1.807) is 6.08 Å². The number of ketones is 1. The highest BCUT2D eigenvalue weighted by atomic mass is 35.5. The zero-order valence-corrected chi connectivity index (χ0v) is 7.14. The Labute approximate surface area is 75.7 Å². The lowest BCUT2D eigenvalue weighted by atomic mass is 9.97. The third-order valence-electron chi connectivity index (χ3n) is 1.92. The second kappa shape index (κ2) is 2.76. The van der Waals surface area contributed by atoms with Gasteiger partial charge in [0.05, 0.1) is 0 Å². The van der Waals surface area contributed by atoms with Gasteiger partial charge in [-0.15, -0.1) is 0 Å². The molecule has 1 aliphatic rings. The molecule has 2 rings (SSSR count). The van der Waals surface area contributed by atoms with E-state index in [0.717, 1.165) is 11.1 Å². The van der Waals surface area contributed by atoms with Crippen molar-refractivity contribution in [3.63, 3.8) is 0 Å². The molecule has 1 aromatic rings. The number of hydrogen-bond donors (Lipinski definition) is 0. The van der Waals surface area contributed by atoms with Crippen LogP contribution in [0.25, 0.3) is 6.08 Å². The van der Waals surface area contributed by atoms with Gasteiger partial charge in [-0.05, 0) is 29.3 Å². The third-order valence-corrected chi connectivity index (χ3v) is 2.15. The summed E-state index contributed by atoms with van der Waals surface area (Å²) in [7, 11) is 0. The number of allylic oxidation sites excluding steroid dienone is 1. The molecule has 0 aromatic heterocycles. The first kappa shape index (κ1) is 7.56. The van der Waals surface area contributed by atoms with Crippen LogP contribution in [-0.4, -0.2) is 5.78 Å². The lowest BCUT2D eigenvalue weighted by Gasteiger charge is -2.08. The minimum Gasteiger partial charge on any atom is -0.294 e. The number of benzene rings is 1. The van der Waals surface area contributed by atoms with Crippen molar-refractivity contribution in [2.24, 2.45) is 0 Å². The van der Waals surface area contributed by atoms with Crippen molar-refractivity contribution in [2.45, 2.75) is 6.42 Å². The second-order valence-corrected chi connectivity index (χ2v) is 3.26. The Kier molecular flexibility index (Phi) is 1.74. The maximum absolute atomic E-state index is 11.0. The van der Waals surface area contributed by atoms with Gasteiger partial charge >= 0.3 is 0 Å². The van der Waals surface area contributed by atoms with Crippen molar-refractivity contribution >= 4 is 23.5 Å². The molecular weight excluding hydrogens is 172 g/mol. The minimum absolute atomic E-state index is 0.143. The molecule has 0 amide bonds. The molecule has 0 atom stereocenters. The predicted molar refractivity (Wildman–Crippen MR) is 49.2 cm³/mol. The number of halogens is 1. The third kappa shape index (κ3) is 1.28. The molecule has 1 aromatic carbocycles. The first-order chi connectivity index (χ1) is 5.75. The first-order valence-electron chi connectivity index (χ1n) is 3.75. The number of hydrogen-bond acceptors (Lipinski definition) is 1. The van der Waals surface area contributed by atoms with Crippen LogP contribution in [0.3, 0.4) is 0 Å². The Hall–Kier alpha value is -1.08. The molecule has 0 spiro atoms. The summed E-state index contributed by atoms with van der Waals surface area (Å²) < 4.78 is 0. The minimum atomic E-state index is 0.143. The smallest absolute Gasteiger partial charge is 0.160 e. The fourth-order valence-electron chi connectivity index (χ4n) is 1.32. The van der Waals surface area contributed by atoms with E-state index in [1.165, 1.54) is 0 Å². The largest absolute Gasteiger partial charge is 0.294 e. The molecule has 1 aliphatic carbocycles. The van der Waals surface area contributed by atoms with Crippen molar-refractivity contribution in [2.75, 3.05) is 0 Å². The predicted octanol–water partition coefficient (Wildman–Crippen LogP) is 2.48. The SMILES string of the molecule is O=C1C=Cc2ccc(Cl)cc2C1. The normalized spacial score (nSPS) is 14.6. The lowest BCUT2D eigenvalue weighted by Crippen LogP contribution is -2.04. The Morgan fingerprint density at radius 1 is 1.25 bits per heavy atom. The van der Waals surface area contributed by atoms with Crippen molar-refractivity contribution in [3.8, 4) is 0 Å². The van der Waals surface area contributed by atoms with E-state index < -0.39 is 0 Å². The molecule has 1 nitrogen and oxygen atoms in total. The quantitative estimate of drug-likeness (QED) is 0.597. The molecule has 0 unspecified atom stereocenters. The summed E-state index contributed by atoms with van der Waals surface area (Å²) >= 11 is 5.79. The summed E-state index contributed by atoms with van der Waals surface area (Å²) in [5.41, 5.74) is 2.12. The van der Waals surface area contributed by atoms with E-state index in [1.807, 2.05) is 24.3 Å². The topological polar surface area (TPSA) is 17.1 Å². The van der Waals surface area contributed by atoms with Gasteiger partial charge in [0.1, 0.15) is 0 Å². The Balaban J connectivity index is 2.54. The summed E-state index contributed by atoms with van der Waals surface area (Å²) in [5.74, 6) is 0.143. The molecule has 60 valence electrons. The van der Waals surface area contributed by atoms with Gasteiger partial charge in [-0.3, -0.25) is 4.79 Å². The van der Waals surface area contributed by atoms with Crippen LogP contribution in [0.1, 0.15) is 11.1 Å². The fraction of sp³-hybridized carbons (Fsp3) is 0.100. The van der Waals surface area contributed by atoms with Gasteiger partial charge in [0.2, 0.25) is 0 Å². The average Bonchev–Trinajstić information content (AvgIpc) is 2.03. The number of rotatable bonds is 0. The number of carbonyl (C=O) groups excluding carboxylic acids is 1.